The molecule has 0 aliphatic heterocycles. The van der Waals surface area contributed by atoms with Crippen molar-refractivity contribution in [2.24, 2.45) is 0 Å². The molecule has 0 bridgehead atoms. The molecule has 1 radical (unpaired) electrons. The molecule has 2 aromatic heterocycles. The molecule has 0 unspecified atom stereocenters. The van der Waals surface area contributed by atoms with Crippen molar-refractivity contribution in [1.82, 2.24) is 0 Å². The Morgan fingerprint density at radius 2 is 0.480 bits per heavy atom. The lowest BCUT2D eigenvalue weighted by molar-refractivity contribution is 0.454. The van der Waals surface area contributed by atoms with Gasteiger partial charge < -0.3 is 33.2 Å². The summed E-state index contributed by atoms with van der Waals surface area (Å²) in [6.45, 7) is 0. The fourth-order valence-corrected chi connectivity index (χ4v) is 20.8. The minimum atomic E-state index is 0.616. The zero-order valence-corrected chi connectivity index (χ0v) is 93.3. The Labute approximate surface area is 949 Å². The second-order valence-electron chi connectivity index (χ2n) is 34.7. The summed E-state index contributed by atoms with van der Waals surface area (Å²) in [4.78, 5) is 6.91. The number of anilines is 9. The number of nitrogens with zero attached hydrogens (tertiary/aromatic N) is 3. The van der Waals surface area contributed by atoms with Crippen LogP contribution in [0.15, 0.2) is 565 Å². The van der Waals surface area contributed by atoms with Gasteiger partial charge in [-0.15, -0.1) is 0 Å². The molecule has 1 N–H and O–H groups in total. The zero-order valence-electron chi connectivity index (χ0n) is 80.2. The predicted molar refractivity (Wildman–Crippen MR) is 661 cm³/mol. The van der Waals surface area contributed by atoms with Crippen molar-refractivity contribution in [2.45, 2.75) is 0 Å². The van der Waals surface area contributed by atoms with Crippen LogP contribution < -0.4 is 19.4 Å². The monoisotopic (exact) mass is 2450 g/mol. The van der Waals surface area contributed by atoms with E-state index >= 15 is 0 Å². The van der Waals surface area contributed by atoms with E-state index in [0.29, 0.717) is 13.4 Å². The van der Waals surface area contributed by atoms with E-state index < -0.39 is 0 Å². The standard InChI is InChI=1S/C54H38N2O.C36H24ClNO.C18H12BrCl.C12H7Br2Cl.C6H5BBrO2.C6H3BrClI/c1-5-15-39(16-6-1)40-25-32-47(33-26-40)56(45-21-11-4-12-22-45)52-36-29-43(37-51(52)42-17-7-2-8-18-42)41-27-30-46(31-28-41)55(44-19-9-3-10-20-44)48-34-35-50-49-23-13-14-24-53(49)57-54(50)38-48;37-34-22-17-27(23-33(34)26-9-3-1-4-10-26)25-15-18-29(19-16-25)38(28-11-5-2-6-12-28)30-20-21-32-31-13-7-8-14-35(31)39-36(32)24-30;19-16-9-6-13(7-10-16)15-8-11-18(20)17(12-15)14-4-2-1-3-5-14;13-10-4-1-8(2-5-10)9-3-6-12(15)11(14)7-9;8-5-1-3-6(4-2-5)10-7-9;7-5-3-4(9)1-2-6(5)8/h1-38H;1-24H;1-12H;1-7H;1-4,9H;1-3H. The van der Waals surface area contributed by atoms with Crippen LogP contribution in [0.5, 0.6) is 5.75 Å². The summed E-state index contributed by atoms with van der Waals surface area (Å²) in [7, 11) is 0.656. The fraction of sp³-hybridized carbons (Fsp3) is 0. The summed E-state index contributed by atoms with van der Waals surface area (Å²) in [6, 6.07) is 184. The second kappa shape index (κ2) is 50.5. The van der Waals surface area contributed by atoms with E-state index in [1.807, 2.05) is 158 Å². The first-order valence-corrected chi connectivity index (χ1v) is 54.6. The normalized spacial score (nSPS) is 10.8. The molecular formula is C132H89BBr5Cl4IN3O4. The molecule has 24 aromatic rings. The molecule has 0 saturated carbocycles. The SMILES string of the molecule is Clc1ccc(-c2ccc(Br)cc2)cc1-c1ccccc1.Clc1ccc(-c2ccc(Br)cc2)cc1Br.Clc1ccc(-c2ccc(N(c3ccccc3)c3ccc4c(c3)oc3ccccc34)cc2)cc1-c1ccccc1.Clc1ccc(I)cc1Br.O[B]Oc1ccc(Br)cc1.c1ccc(-c2ccc(N(c3ccccc3)c3ccc(-c4ccc(N(c5ccccc5)c5ccc6c(c5)oc5ccccc56)cc4)cc3-c3ccccc3)cc2)cc1. The number of halogens is 10. The van der Waals surface area contributed by atoms with Gasteiger partial charge in [-0.1, -0.05) is 391 Å². The molecule has 0 fully saturated rings. The maximum absolute atomic E-state index is 8.23. The first-order chi connectivity index (χ1) is 73.4. The van der Waals surface area contributed by atoms with Crippen LogP contribution in [0.2, 0.25) is 20.1 Å². The van der Waals surface area contributed by atoms with Crippen LogP contribution in [0.25, 0.3) is 133 Å². The zero-order chi connectivity index (χ0) is 103. The van der Waals surface area contributed by atoms with Crippen molar-refractivity contribution >= 4 is 251 Å². The van der Waals surface area contributed by atoms with E-state index in [0.717, 1.165) is 199 Å². The Bertz CT molecular complexity index is 8670. The fourth-order valence-electron chi connectivity index (χ4n) is 17.7. The number of rotatable bonds is 19. The van der Waals surface area contributed by atoms with Gasteiger partial charge in [0.1, 0.15) is 28.1 Å². The minimum Gasteiger partial charge on any atom is -0.537 e. The molecule has 7 nitrogen and oxygen atoms in total. The van der Waals surface area contributed by atoms with Gasteiger partial charge in [0.15, 0.2) is 0 Å². The van der Waals surface area contributed by atoms with Gasteiger partial charge in [0.2, 0.25) is 0 Å². The van der Waals surface area contributed by atoms with Gasteiger partial charge in [-0.2, -0.15) is 0 Å². The molecule has 0 saturated heterocycles. The minimum absolute atomic E-state index is 0.616. The maximum Gasteiger partial charge on any atom is 0.569 e. The summed E-state index contributed by atoms with van der Waals surface area (Å²) in [5, 5.41) is 15.7. The van der Waals surface area contributed by atoms with Gasteiger partial charge in [0.05, 0.1) is 15.7 Å². The van der Waals surface area contributed by atoms with Gasteiger partial charge in [0.25, 0.3) is 0 Å². The van der Waals surface area contributed by atoms with E-state index in [1.165, 1.54) is 31.4 Å². The Balaban J connectivity index is 0.000000129. The molecule has 0 aliphatic rings. The summed E-state index contributed by atoms with van der Waals surface area (Å²) in [5.74, 6) is 0.616. The average Bonchev–Trinajstić information content (AvgIpc) is 1.38. The van der Waals surface area contributed by atoms with Crippen molar-refractivity contribution in [3.63, 3.8) is 0 Å². The molecule has 0 atom stereocenters. The summed E-state index contributed by atoms with van der Waals surface area (Å²) < 4.78 is 23.4. The van der Waals surface area contributed by atoms with Crippen LogP contribution in [0, 0.1) is 3.57 Å². The molecule has 2 heterocycles. The van der Waals surface area contributed by atoms with Crippen molar-refractivity contribution in [3.8, 4) is 94.8 Å². The highest BCUT2D eigenvalue weighted by atomic mass is 127. The third-order valence-electron chi connectivity index (χ3n) is 25.0. The van der Waals surface area contributed by atoms with Crippen LogP contribution in [0.1, 0.15) is 0 Å². The topological polar surface area (TPSA) is 65.5 Å². The number of hydrogen-bond acceptors (Lipinski definition) is 7. The quantitative estimate of drug-likeness (QED) is 0.0492. The van der Waals surface area contributed by atoms with Crippen molar-refractivity contribution in [3.05, 3.63) is 580 Å². The van der Waals surface area contributed by atoms with E-state index in [-0.39, 0.29) is 0 Å². The third-order valence-corrected chi connectivity index (χ3v) is 30.4. The molecule has 24 rings (SSSR count). The molecular weight excluding hydrogens is 2370 g/mol. The lowest BCUT2D eigenvalue weighted by Gasteiger charge is -2.28. The number of hydrogen-bond donors (Lipinski definition) is 1. The molecule has 150 heavy (non-hydrogen) atoms. The molecule has 0 spiro atoms. The number of furan rings is 2. The smallest absolute Gasteiger partial charge is 0.537 e. The highest BCUT2D eigenvalue weighted by Gasteiger charge is 2.23. The van der Waals surface area contributed by atoms with Crippen molar-refractivity contribution in [2.75, 3.05) is 14.7 Å². The van der Waals surface area contributed by atoms with Gasteiger partial charge in [-0.3, -0.25) is 0 Å². The van der Waals surface area contributed by atoms with Crippen LogP contribution >= 0.6 is 149 Å². The highest BCUT2D eigenvalue weighted by Crippen LogP contribution is 2.48. The van der Waals surface area contributed by atoms with E-state index in [2.05, 4.69) is 486 Å². The van der Waals surface area contributed by atoms with Crippen LogP contribution in [0.3, 0.4) is 0 Å². The summed E-state index contributed by atoms with van der Waals surface area (Å²) in [5.41, 5.74) is 31.5. The van der Waals surface area contributed by atoms with E-state index in [1.54, 1.807) is 12.1 Å². The number of benzene rings is 22. The lowest BCUT2D eigenvalue weighted by atomic mass is 9.96. The molecule has 0 amide bonds. The van der Waals surface area contributed by atoms with E-state index in [9.17, 15) is 0 Å². The van der Waals surface area contributed by atoms with Crippen LogP contribution in [-0.2, 0) is 0 Å². The first kappa shape index (κ1) is 104. The first-order valence-electron chi connectivity index (χ1n) is 48.0. The molecule has 22 aromatic carbocycles. The Kier molecular flexibility index (Phi) is 35.2. The maximum atomic E-state index is 8.23. The average molecular weight is 2460 g/mol. The van der Waals surface area contributed by atoms with E-state index in [4.69, 9.17) is 60.3 Å². The summed E-state index contributed by atoms with van der Waals surface area (Å²) >= 11 is 43.7. The van der Waals surface area contributed by atoms with Crippen molar-refractivity contribution in [1.29, 1.82) is 0 Å². The Morgan fingerprint density at radius 1 is 0.213 bits per heavy atom. The summed E-state index contributed by atoms with van der Waals surface area (Å²) in [6.07, 6.45) is 0. The molecule has 0 aliphatic carbocycles. The lowest BCUT2D eigenvalue weighted by Crippen LogP contribution is -2.11. The molecule has 18 heteroatoms. The number of para-hydroxylation sites is 5. The molecule has 729 valence electrons. The largest absolute Gasteiger partial charge is 0.569 e. The van der Waals surface area contributed by atoms with Crippen LogP contribution in [0.4, 0.5) is 51.2 Å². The van der Waals surface area contributed by atoms with Crippen molar-refractivity contribution < 1.29 is 18.5 Å². The Morgan fingerprint density at radius 3 is 0.860 bits per heavy atom. The third kappa shape index (κ3) is 26.0. The van der Waals surface area contributed by atoms with Gasteiger partial charge in [0, 0.05) is 132 Å². The van der Waals surface area contributed by atoms with Gasteiger partial charge in [-0.05, 0) is 351 Å². The van der Waals surface area contributed by atoms with Crippen LogP contribution in [-0.4, -0.2) is 12.7 Å². The highest BCUT2D eigenvalue weighted by molar-refractivity contribution is 14.1. The Hall–Kier alpha value is -14.0. The van der Waals surface area contributed by atoms with Gasteiger partial charge >= 0.3 is 7.69 Å². The predicted octanol–water partition coefficient (Wildman–Crippen LogP) is 43.6. The number of fused-ring (bicyclic) bond motifs is 6. The van der Waals surface area contributed by atoms with Gasteiger partial charge in [-0.25, -0.2) is 0 Å². The second-order valence-corrected chi connectivity index (χ2v) is 42.0.